The summed E-state index contributed by atoms with van der Waals surface area (Å²) >= 11 is 5.82. The van der Waals surface area contributed by atoms with Gasteiger partial charge in [0.2, 0.25) is 0 Å². The lowest BCUT2D eigenvalue weighted by molar-refractivity contribution is 0.524. The van der Waals surface area contributed by atoms with Crippen LogP contribution in [-0.2, 0) is 0 Å². The zero-order valence-electron chi connectivity index (χ0n) is 8.55. The lowest BCUT2D eigenvalue weighted by atomic mass is 9.92. The van der Waals surface area contributed by atoms with E-state index in [2.05, 4.69) is 32.9 Å². The van der Waals surface area contributed by atoms with Crippen LogP contribution in [0.3, 0.4) is 0 Å². The molecule has 0 amide bonds. The average molecular weight is 197 g/mol. The van der Waals surface area contributed by atoms with Crippen LogP contribution in [0.25, 0.3) is 0 Å². The van der Waals surface area contributed by atoms with Crippen LogP contribution in [0.4, 0.5) is 0 Å². The Hall–Kier alpha value is -0.490. The van der Waals surface area contributed by atoms with Crippen molar-refractivity contribution in [2.24, 2.45) is 5.92 Å². The van der Waals surface area contributed by atoms with Crippen molar-refractivity contribution in [3.05, 3.63) is 34.9 Å². The van der Waals surface area contributed by atoms with Crippen LogP contribution in [0.2, 0.25) is 5.02 Å². The lowest BCUT2D eigenvalue weighted by Crippen LogP contribution is -1.98. The fourth-order valence-corrected chi connectivity index (χ4v) is 1.76. The largest absolute Gasteiger partial charge is 0.0843 e. The number of hydrogen-bond donors (Lipinski definition) is 0. The third-order valence-corrected chi connectivity index (χ3v) is 2.52. The van der Waals surface area contributed by atoms with E-state index in [1.807, 2.05) is 12.1 Å². The van der Waals surface area contributed by atoms with Gasteiger partial charge in [0.1, 0.15) is 0 Å². The first-order valence-electron chi connectivity index (χ1n) is 4.85. The third kappa shape index (κ3) is 3.40. The van der Waals surface area contributed by atoms with Crippen molar-refractivity contribution in [3.8, 4) is 0 Å². The summed E-state index contributed by atoms with van der Waals surface area (Å²) in [6, 6.07) is 8.17. The van der Waals surface area contributed by atoms with Crippen LogP contribution in [0.15, 0.2) is 24.3 Å². The summed E-state index contributed by atoms with van der Waals surface area (Å²) in [7, 11) is 0. The fourth-order valence-electron chi connectivity index (χ4n) is 1.63. The molecule has 1 heteroatoms. The van der Waals surface area contributed by atoms with Gasteiger partial charge in [-0.2, -0.15) is 0 Å². The first-order chi connectivity index (χ1) is 6.09. The molecule has 1 rings (SSSR count). The summed E-state index contributed by atoms with van der Waals surface area (Å²) in [5, 5.41) is 0.820. The molecule has 13 heavy (non-hydrogen) atoms. The molecule has 0 saturated carbocycles. The molecule has 72 valence electrons. The SMILES string of the molecule is CC(C)CC(C)c1ccc(Cl)cc1. The third-order valence-electron chi connectivity index (χ3n) is 2.26. The molecule has 1 unspecified atom stereocenters. The van der Waals surface area contributed by atoms with Gasteiger partial charge in [0.05, 0.1) is 0 Å². The van der Waals surface area contributed by atoms with E-state index < -0.39 is 0 Å². The van der Waals surface area contributed by atoms with E-state index in [1.54, 1.807) is 0 Å². The van der Waals surface area contributed by atoms with Crippen LogP contribution in [0, 0.1) is 5.92 Å². The Labute approximate surface area is 85.9 Å². The zero-order chi connectivity index (χ0) is 9.84. The van der Waals surface area contributed by atoms with E-state index in [0.717, 1.165) is 10.9 Å². The van der Waals surface area contributed by atoms with E-state index in [-0.39, 0.29) is 0 Å². The Kier molecular flexibility index (Phi) is 3.80. The summed E-state index contributed by atoms with van der Waals surface area (Å²) in [6.45, 7) is 6.78. The van der Waals surface area contributed by atoms with E-state index in [9.17, 15) is 0 Å². The second-order valence-corrected chi connectivity index (χ2v) is 4.52. The second kappa shape index (κ2) is 4.66. The summed E-state index contributed by atoms with van der Waals surface area (Å²) in [5.41, 5.74) is 1.39. The molecule has 1 aromatic carbocycles. The molecule has 0 saturated heterocycles. The molecule has 1 atom stereocenters. The highest BCUT2D eigenvalue weighted by molar-refractivity contribution is 6.30. The predicted octanol–water partition coefficient (Wildman–Crippen LogP) is 4.49. The molecule has 0 aliphatic carbocycles. The van der Waals surface area contributed by atoms with Crippen LogP contribution in [-0.4, -0.2) is 0 Å². The van der Waals surface area contributed by atoms with Crippen molar-refractivity contribution >= 4 is 11.6 Å². The number of benzene rings is 1. The van der Waals surface area contributed by atoms with Gasteiger partial charge in [-0.1, -0.05) is 44.5 Å². The van der Waals surface area contributed by atoms with Crippen molar-refractivity contribution in [2.45, 2.75) is 33.1 Å². The Bertz CT molecular complexity index is 248. The van der Waals surface area contributed by atoms with Gasteiger partial charge in [-0.3, -0.25) is 0 Å². The molecule has 0 bridgehead atoms. The molecule has 0 aliphatic heterocycles. The van der Waals surface area contributed by atoms with Crippen molar-refractivity contribution < 1.29 is 0 Å². The van der Waals surface area contributed by atoms with Gasteiger partial charge in [0, 0.05) is 5.02 Å². The van der Waals surface area contributed by atoms with Crippen LogP contribution in [0.1, 0.15) is 38.7 Å². The molecule has 0 nitrogen and oxygen atoms in total. The van der Waals surface area contributed by atoms with Gasteiger partial charge >= 0.3 is 0 Å². The van der Waals surface area contributed by atoms with E-state index in [1.165, 1.54) is 12.0 Å². The van der Waals surface area contributed by atoms with Gasteiger partial charge < -0.3 is 0 Å². The van der Waals surface area contributed by atoms with Gasteiger partial charge in [-0.25, -0.2) is 0 Å². The van der Waals surface area contributed by atoms with Crippen LogP contribution < -0.4 is 0 Å². The van der Waals surface area contributed by atoms with E-state index in [4.69, 9.17) is 11.6 Å². The average Bonchev–Trinajstić information content (AvgIpc) is 2.04. The first kappa shape index (κ1) is 10.6. The molecule has 0 spiro atoms. The van der Waals surface area contributed by atoms with Crippen molar-refractivity contribution in [2.75, 3.05) is 0 Å². The zero-order valence-corrected chi connectivity index (χ0v) is 9.31. The Morgan fingerprint density at radius 2 is 1.62 bits per heavy atom. The van der Waals surface area contributed by atoms with Crippen LogP contribution >= 0.6 is 11.6 Å². The minimum absolute atomic E-state index is 0.636. The monoisotopic (exact) mass is 196 g/mol. The number of hydrogen-bond acceptors (Lipinski definition) is 0. The molecule has 0 N–H and O–H groups in total. The highest BCUT2D eigenvalue weighted by Gasteiger charge is 2.06. The van der Waals surface area contributed by atoms with Crippen molar-refractivity contribution in [1.29, 1.82) is 0 Å². The second-order valence-electron chi connectivity index (χ2n) is 4.08. The molecular weight excluding hydrogens is 180 g/mol. The van der Waals surface area contributed by atoms with E-state index in [0.29, 0.717) is 5.92 Å². The summed E-state index contributed by atoms with van der Waals surface area (Å²) in [4.78, 5) is 0. The Morgan fingerprint density at radius 1 is 1.08 bits per heavy atom. The summed E-state index contributed by atoms with van der Waals surface area (Å²) < 4.78 is 0. The molecular formula is C12H17Cl. The smallest absolute Gasteiger partial charge is 0.0406 e. The maximum Gasteiger partial charge on any atom is 0.0406 e. The molecule has 0 fully saturated rings. The highest BCUT2D eigenvalue weighted by Crippen LogP contribution is 2.24. The predicted molar refractivity (Wildman–Crippen MR) is 59.3 cm³/mol. The van der Waals surface area contributed by atoms with Crippen molar-refractivity contribution in [3.63, 3.8) is 0 Å². The van der Waals surface area contributed by atoms with Crippen molar-refractivity contribution in [1.82, 2.24) is 0 Å². The molecule has 0 aromatic heterocycles. The summed E-state index contributed by atoms with van der Waals surface area (Å²) in [6.07, 6.45) is 1.24. The Balaban J connectivity index is 2.66. The topological polar surface area (TPSA) is 0 Å². The molecule has 0 heterocycles. The maximum atomic E-state index is 5.82. The fraction of sp³-hybridized carbons (Fsp3) is 0.500. The first-order valence-corrected chi connectivity index (χ1v) is 5.23. The lowest BCUT2D eigenvalue weighted by Gasteiger charge is -2.14. The number of rotatable bonds is 3. The van der Waals surface area contributed by atoms with Gasteiger partial charge in [-0.05, 0) is 36.0 Å². The van der Waals surface area contributed by atoms with Gasteiger partial charge in [0.15, 0.2) is 0 Å². The standard InChI is InChI=1S/C12H17Cl/c1-9(2)8-10(3)11-4-6-12(13)7-5-11/h4-7,9-10H,8H2,1-3H3. The van der Waals surface area contributed by atoms with Gasteiger partial charge in [0.25, 0.3) is 0 Å². The quantitative estimate of drug-likeness (QED) is 0.668. The minimum Gasteiger partial charge on any atom is -0.0843 e. The minimum atomic E-state index is 0.636. The number of halogens is 1. The Morgan fingerprint density at radius 3 is 2.08 bits per heavy atom. The summed E-state index contributed by atoms with van der Waals surface area (Å²) in [5.74, 6) is 1.39. The molecule has 1 aromatic rings. The highest BCUT2D eigenvalue weighted by atomic mass is 35.5. The molecule has 0 radical (unpaired) electrons. The maximum absolute atomic E-state index is 5.82. The van der Waals surface area contributed by atoms with Gasteiger partial charge in [-0.15, -0.1) is 0 Å². The molecule has 0 aliphatic rings. The van der Waals surface area contributed by atoms with E-state index >= 15 is 0 Å². The van der Waals surface area contributed by atoms with Crippen LogP contribution in [0.5, 0.6) is 0 Å². The normalized spacial score (nSPS) is 13.3.